The van der Waals surface area contributed by atoms with E-state index in [4.69, 9.17) is 0 Å². The van der Waals surface area contributed by atoms with Crippen molar-refractivity contribution in [3.63, 3.8) is 0 Å². The molecular formula is C8H17NS. The van der Waals surface area contributed by atoms with Gasteiger partial charge in [-0.25, -0.2) is 0 Å². The SMILES string of the molecule is CSC1CC(NC(C)C)C1. The predicted molar refractivity (Wildman–Crippen MR) is 48.6 cm³/mol. The summed E-state index contributed by atoms with van der Waals surface area (Å²) >= 11 is 2.00. The Morgan fingerprint density at radius 1 is 1.40 bits per heavy atom. The van der Waals surface area contributed by atoms with Crippen molar-refractivity contribution in [2.45, 2.75) is 44.0 Å². The second-order valence-electron chi connectivity index (χ2n) is 3.35. The molecule has 1 aliphatic carbocycles. The standard InChI is InChI=1S/C8H17NS/c1-6(2)9-7-4-8(5-7)10-3/h6-9H,4-5H2,1-3H3. The van der Waals surface area contributed by atoms with Crippen LogP contribution in [0.15, 0.2) is 0 Å². The minimum atomic E-state index is 0.660. The maximum absolute atomic E-state index is 3.53. The third-order valence-corrected chi connectivity index (χ3v) is 3.05. The molecule has 0 aromatic heterocycles. The highest BCUT2D eigenvalue weighted by molar-refractivity contribution is 7.99. The van der Waals surface area contributed by atoms with Crippen molar-refractivity contribution < 1.29 is 0 Å². The molecule has 0 bridgehead atoms. The zero-order valence-electron chi connectivity index (χ0n) is 7.05. The highest BCUT2D eigenvalue weighted by Gasteiger charge is 2.27. The Labute approximate surface area is 68.0 Å². The monoisotopic (exact) mass is 159 g/mol. The molecule has 1 nitrogen and oxygen atoms in total. The van der Waals surface area contributed by atoms with Crippen LogP contribution in [0.1, 0.15) is 26.7 Å². The quantitative estimate of drug-likeness (QED) is 0.675. The summed E-state index contributed by atoms with van der Waals surface area (Å²) in [6, 6.07) is 1.48. The highest BCUT2D eigenvalue weighted by atomic mass is 32.2. The fourth-order valence-corrected chi connectivity index (χ4v) is 2.22. The molecule has 60 valence electrons. The molecule has 0 aliphatic heterocycles. The molecule has 0 amide bonds. The van der Waals surface area contributed by atoms with Gasteiger partial charge in [0.1, 0.15) is 0 Å². The van der Waals surface area contributed by atoms with Gasteiger partial charge in [-0.05, 0) is 19.1 Å². The van der Waals surface area contributed by atoms with Gasteiger partial charge in [0.25, 0.3) is 0 Å². The van der Waals surface area contributed by atoms with E-state index in [-0.39, 0.29) is 0 Å². The molecule has 0 radical (unpaired) electrons. The Bertz CT molecular complexity index is 97.4. The summed E-state index contributed by atoms with van der Waals surface area (Å²) in [6.45, 7) is 4.43. The molecule has 1 aliphatic rings. The Morgan fingerprint density at radius 3 is 2.40 bits per heavy atom. The Hall–Kier alpha value is 0.310. The van der Waals surface area contributed by atoms with Gasteiger partial charge in [-0.15, -0.1) is 0 Å². The molecule has 1 rings (SSSR count). The largest absolute Gasteiger partial charge is 0.312 e. The van der Waals surface area contributed by atoms with Crippen LogP contribution in [0.3, 0.4) is 0 Å². The maximum Gasteiger partial charge on any atom is 0.00905 e. The van der Waals surface area contributed by atoms with Gasteiger partial charge >= 0.3 is 0 Å². The van der Waals surface area contributed by atoms with E-state index in [1.54, 1.807) is 0 Å². The molecule has 1 fully saturated rings. The summed E-state index contributed by atoms with van der Waals surface area (Å²) in [4.78, 5) is 0. The number of rotatable bonds is 3. The van der Waals surface area contributed by atoms with E-state index in [1.165, 1.54) is 12.8 Å². The summed E-state index contributed by atoms with van der Waals surface area (Å²) in [5.74, 6) is 0. The lowest BCUT2D eigenvalue weighted by Gasteiger charge is -2.36. The second kappa shape index (κ2) is 3.63. The third kappa shape index (κ3) is 2.17. The van der Waals surface area contributed by atoms with Crippen LogP contribution in [0, 0.1) is 0 Å². The van der Waals surface area contributed by atoms with Crippen LogP contribution in [-0.2, 0) is 0 Å². The van der Waals surface area contributed by atoms with Crippen molar-refractivity contribution in [2.24, 2.45) is 0 Å². The van der Waals surface area contributed by atoms with E-state index in [1.807, 2.05) is 11.8 Å². The van der Waals surface area contributed by atoms with Crippen LogP contribution in [0.4, 0.5) is 0 Å². The molecule has 0 aromatic carbocycles. The first-order valence-electron chi connectivity index (χ1n) is 4.01. The van der Waals surface area contributed by atoms with Gasteiger partial charge in [0.05, 0.1) is 0 Å². The summed E-state index contributed by atoms with van der Waals surface area (Å²) < 4.78 is 0. The number of hydrogen-bond acceptors (Lipinski definition) is 2. The fraction of sp³-hybridized carbons (Fsp3) is 1.00. The van der Waals surface area contributed by atoms with E-state index in [0.29, 0.717) is 6.04 Å². The van der Waals surface area contributed by atoms with E-state index >= 15 is 0 Å². The van der Waals surface area contributed by atoms with Crippen LogP contribution in [0.5, 0.6) is 0 Å². The zero-order valence-corrected chi connectivity index (χ0v) is 7.87. The molecule has 0 unspecified atom stereocenters. The van der Waals surface area contributed by atoms with Crippen molar-refractivity contribution in [2.75, 3.05) is 6.26 Å². The molecule has 10 heavy (non-hydrogen) atoms. The van der Waals surface area contributed by atoms with Crippen molar-refractivity contribution in [1.82, 2.24) is 5.32 Å². The van der Waals surface area contributed by atoms with Crippen LogP contribution in [-0.4, -0.2) is 23.6 Å². The van der Waals surface area contributed by atoms with Crippen LogP contribution in [0.2, 0.25) is 0 Å². The fourth-order valence-electron chi connectivity index (χ4n) is 1.37. The van der Waals surface area contributed by atoms with Crippen LogP contribution >= 0.6 is 11.8 Å². The molecule has 1 saturated carbocycles. The third-order valence-electron chi connectivity index (χ3n) is 2.00. The van der Waals surface area contributed by atoms with Gasteiger partial charge in [-0.1, -0.05) is 13.8 Å². The zero-order chi connectivity index (χ0) is 7.56. The van der Waals surface area contributed by atoms with Gasteiger partial charge in [-0.2, -0.15) is 11.8 Å². The lowest BCUT2D eigenvalue weighted by atomic mass is 9.92. The van der Waals surface area contributed by atoms with Gasteiger partial charge < -0.3 is 5.32 Å². The average Bonchev–Trinajstić information content (AvgIpc) is 1.76. The molecule has 2 heteroatoms. The Balaban J connectivity index is 2.03. The van der Waals surface area contributed by atoms with Gasteiger partial charge in [0.15, 0.2) is 0 Å². The van der Waals surface area contributed by atoms with Gasteiger partial charge in [-0.3, -0.25) is 0 Å². The average molecular weight is 159 g/mol. The summed E-state index contributed by atoms with van der Waals surface area (Å²) in [7, 11) is 0. The first kappa shape index (κ1) is 8.41. The molecule has 0 aromatic rings. The molecule has 1 N–H and O–H groups in total. The summed E-state index contributed by atoms with van der Waals surface area (Å²) in [5, 5.41) is 4.47. The number of thioether (sulfide) groups is 1. The topological polar surface area (TPSA) is 12.0 Å². The van der Waals surface area contributed by atoms with Crippen molar-refractivity contribution in [1.29, 1.82) is 0 Å². The minimum Gasteiger partial charge on any atom is -0.312 e. The summed E-state index contributed by atoms with van der Waals surface area (Å²) in [5.41, 5.74) is 0. The first-order valence-corrected chi connectivity index (χ1v) is 5.30. The van der Waals surface area contributed by atoms with Crippen molar-refractivity contribution in [3.8, 4) is 0 Å². The maximum atomic E-state index is 3.53. The lowest BCUT2D eigenvalue weighted by molar-refractivity contribution is 0.329. The van der Waals surface area contributed by atoms with Crippen molar-refractivity contribution >= 4 is 11.8 Å². The molecule has 0 atom stereocenters. The first-order chi connectivity index (χ1) is 4.72. The molecule has 0 heterocycles. The Kier molecular flexibility index (Phi) is 3.05. The normalized spacial score (nSPS) is 32.4. The minimum absolute atomic E-state index is 0.660. The smallest absolute Gasteiger partial charge is 0.00905 e. The van der Waals surface area contributed by atoms with E-state index in [0.717, 1.165) is 11.3 Å². The van der Waals surface area contributed by atoms with Crippen LogP contribution in [0.25, 0.3) is 0 Å². The second-order valence-corrected chi connectivity index (χ2v) is 4.49. The summed E-state index contributed by atoms with van der Waals surface area (Å²) in [6.07, 6.45) is 4.95. The Morgan fingerprint density at radius 2 is 2.00 bits per heavy atom. The van der Waals surface area contributed by atoms with Crippen molar-refractivity contribution in [3.05, 3.63) is 0 Å². The lowest BCUT2D eigenvalue weighted by Crippen LogP contribution is -2.45. The molecular weight excluding hydrogens is 142 g/mol. The number of nitrogens with one attached hydrogen (secondary N) is 1. The van der Waals surface area contributed by atoms with E-state index in [9.17, 15) is 0 Å². The van der Waals surface area contributed by atoms with E-state index < -0.39 is 0 Å². The molecule has 0 spiro atoms. The van der Waals surface area contributed by atoms with Gasteiger partial charge in [0.2, 0.25) is 0 Å². The molecule has 0 saturated heterocycles. The van der Waals surface area contributed by atoms with E-state index in [2.05, 4.69) is 25.4 Å². The number of hydrogen-bond donors (Lipinski definition) is 1. The van der Waals surface area contributed by atoms with Gasteiger partial charge in [0, 0.05) is 17.3 Å². The highest BCUT2D eigenvalue weighted by Crippen LogP contribution is 2.30. The predicted octanol–water partition coefficient (Wildman–Crippen LogP) is 1.88. The van der Waals surface area contributed by atoms with Crippen LogP contribution < -0.4 is 5.32 Å².